The molecule has 0 amide bonds. The summed E-state index contributed by atoms with van der Waals surface area (Å²) in [5, 5.41) is 14.6. The van der Waals surface area contributed by atoms with Gasteiger partial charge in [0.2, 0.25) is 0 Å². The minimum atomic E-state index is -4.81. The average molecular weight is 399 g/mol. The van der Waals surface area contributed by atoms with Crippen molar-refractivity contribution in [2.24, 2.45) is 0 Å². The highest BCUT2D eigenvalue weighted by Crippen LogP contribution is 2.36. The maximum atomic E-state index is 13.6. The van der Waals surface area contributed by atoms with Gasteiger partial charge in [-0.15, -0.1) is 13.2 Å². The number of halogens is 4. The largest absolute Gasteiger partial charge is 0.573 e. The number of piperazine rings is 1. The molecule has 0 aromatic heterocycles. The normalized spacial score (nSPS) is 16.6. The van der Waals surface area contributed by atoms with Crippen LogP contribution in [0.15, 0.2) is 42.5 Å². The van der Waals surface area contributed by atoms with E-state index in [2.05, 4.69) is 10.1 Å². The minimum Gasteiger partial charge on any atom is -0.406 e. The average Bonchev–Trinajstić information content (AvgIpc) is 2.64. The Bertz CT molecular complexity index is 837. The molecular weight excluding hydrogens is 382 g/mol. The van der Waals surface area contributed by atoms with Crippen molar-refractivity contribution < 1.29 is 27.2 Å². The maximum Gasteiger partial charge on any atom is 0.573 e. The molecule has 1 aliphatic heterocycles. The van der Waals surface area contributed by atoms with Crippen molar-refractivity contribution in [2.75, 3.05) is 26.2 Å². The molecule has 0 spiro atoms. The predicted octanol–water partition coefficient (Wildman–Crippen LogP) is 3.63. The number of nitro groups is 1. The predicted molar refractivity (Wildman–Crippen MR) is 92.5 cm³/mol. The van der Waals surface area contributed by atoms with Gasteiger partial charge in [0.25, 0.3) is 5.69 Å². The number of benzene rings is 2. The van der Waals surface area contributed by atoms with Crippen molar-refractivity contribution in [3.63, 3.8) is 0 Å². The van der Waals surface area contributed by atoms with Crippen molar-refractivity contribution in [2.45, 2.75) is 12.4 Å². The maximum absolute atomic E-state index is 13.6. The summed E-state index contributed by atoms with van der Waals surface area (Å²) in [6.45, 7) is 2.45. The third-order valence-electron chi connectivity index (χ3n) is 4.43. The van der Waals surface area contributed by atoms with Crippen LogP contribution in [-0.2, 0) is 0 Å². The Balaban J connectivity index is 2.02. The topological polar surface area (TPSA) is 67.6 Å². The monoisotopic (exact) mass is 399 g/mol. The van der Waals surface area contributed by atoms with Crippen LogP contribution in [0.4, 0.5) is 23.2 Å². The van der Waals surface area contributed by atoms with Gasteiger partial charge >= 0.3 is 6.36 Å². The van der Waals surface area contributed by atoms with Crippen molar-refractivity contribution in [1.82, 2.24) is 10.2 Å². The van der Waals surface area contributed by atoms with Gasteiger partial charge in [-0.05, 0) is 29.8 Å². The molecule has 0 bridgehead atoms. The summed E-state index contributed by atoms with van der Waals surface area (Å²) >= 11 is 0. The van der Waals surface area contributed by atoms with Crippen LogP contribution in [0.5, 0.6) is 5.75 Å². The van der Waals surface area contributed by atoms with E-state index in [4.69, 9.17) is 0 Å². The van der Waals surface area contributed by atoms with Gasteiger partial charge < -0.3 is 10.1 Å². The Hall–Kier alpha value is -2.72. The summed E-state index contributed by atoms with van der Waals surface area (Å²) in [4.78, 5) is 12.8. The second-order valence-electron chi connectivity index (χ2n) is 6.27. The molecule has 0 aliphatic carbocycles. The molecule has 1 saturated heterocycles. The van der Waals surface area contributed by atoms with E-state index < -0.39 is 23.1 Å². The minimum absolute atomic E-state index is 0.276. The van der Waals surface area contributed by atoms with Crippen LogP contribution in [-0.4, -0.2) is 42.4 Å². The third-order valence-corrected chi connectivity index (χ3v) is 4.43. The van der Waals surface area contributed by atoms with Gasteiger partial charge in [-0.2, -0.15) is 0 Å². The van der Waals surface area contributed by atoms with E-state index in [-0.39, 0.29) is 17.0 Å². The Morgan fingerprint density at radius 2 is 1.75 bits per heavy atom. The summed E-state index contributed by atoms with van der Waals surface area (Å²) in [5.74, 6) is -1.12. The first-order valence-electron chi connectivity index (χ1n) is 8.49. The van der Waals surface area contributed by atoms with E-state index in [1.165, 1.54) is 18.2 Å². The zero-order valence-electron chi connectivity index (χ0n) is 14.6. The quantitative estimate of drug-likeness (QED) is 0.473. The molecule has 6 nitrogen and oxygen atoms in total. The fourth-order valence-corrected chi connectivity index (χ4v) is 3.29. The first-order valence-corrected chi connectivity index (χ1v) is 8.49. The molecule has 1 atom stereocenters. The molecule has 0 unspecified atom stereocenters. The van der Waals surface area contributed by atoms with E-state index in [1.54, 1.807) is 0 Å². The zero-order valence-corrected chi connectivity index (χ0v) is 14.6. The van der Waals surface area contributed by atoms with E-state index >= 15 is 0 Å². The van der Waals surface area contributed by atoms with Crippen molar-refractivity contribution in [1.29, 1.82) is 0 Å². The van der Waals surface area contributed by atoms with Crippen LogP contribution in [0.3, 0.4) is 0 Å². The number of rotatable bonds is 5. The van der Waals surface area contributed by atoms with Crippen molar-refractivity contribution in [3.8, 4) is 5.75 Å². The van der Waals surface area contributed by atoms with Crippen LogP contribution in [0.25, 0.3) is 0 Å². The standard InChI is InChI=1S/C18H17F4N3O3/c19-13-3-6-15(16(11-13)25(26)27)17(24-9-7-23-8-10-24)12-1-4-14(5-2-12)28-18(20,21)22/h1-6,11,17,23H,7-10H2/t17-/m0/s1. The number of hydrogen-bond donors (Lipinski definition) is 1. The van der Waals surface area contributed by atoms with E-state index in [1.807, 2.05) is 4.90 Å². The Morgan fingerprint density at radius 3 is 2.32 bits per heavy atom. The van der Waals surface area contributed by atoms with Gasteiger partial charge in [-0.1, -0.05) is 12.1 Å². The number of nitrogens with one attached hydrogen (secondary N) is 1. The molecule has 28 heavy (non-hydrogen) atoms. The zero-order chi connectivity index (χ0) is 20.3. The van der Waals surface area contributed by atoms with Crippen molar-refractivity contribution >= 4 is 5.69 Å². The molecule has 1 aliphatic rings. The van der Waals surface area contributed by atoms with Crippen LogP contribution < -0.4 is 10.1 Å². The lowest BCUT2D eigenvalue weighted by Gasteiger charge is -2.35. The molecule has 0 saturated carbocycles. The molecule has 10 heteroatoms. The summed E-state index contributed by atoms with van der Waals surface area (Å²) in [6, 6.07) is 7.91. The number of hydrogen-bond acceptors (Lipinski definition) is 5. The summed E-state index contributed by atoms with van der Waals surface area (Å²) in [6.07, 6.45) is -4.81. The second kappa shape index (κ2) is 8.11. The van der Waals surface area contributed by atoms with Gasteiger partial charge in [0, 0.05) is 26.2 Å². The van der Waals surface area contributed by atoms with Crippen LogP contribution in [0.2, 0.25) is 0 Å². The Morgan fingerprint density at radius 1 is 1.11 bits per heavy atom. The smallest absolute Gasteiger partial charge is 0.406 e. The van der Waals surface area contributed by atoms with Gasteiger partial charge in [0.1, 0.15) is 11.6 Å². The number of nitro benzene ring substituents is 1. The molecule has 1 fully saturated rings. The Labute approximate surface area is 157 Å². The lowest BCUT2D eigenvalue weighted by atomic mass is 9.95. The van der Waals surface area contributed by atoms with E-state index in [0.29, 0.717) is 31.7 Å². The van der Waals surface area contributed by atoms with Gasteiger partial charge in [0.05, 0.1) is 22.6 Å². The highest BCUT2D eigenvalue weighted by molar-refractivity contribution is 5.47. The molecule has 2 aromatic rings. The molecular formula is C18H17F4N3O3. The second-order valence-corrected chi connectivity index (χ2v) is 6.27. The summed E-state index contributed by atoms with van der Waals surface area (Å²) in [5.41, 5.74) is 0.447. The van der Waals surface area contributed by atoms with Gasteiger partial charge in [0.15, 0.2) is 0 Å². The molecule has 2 aromatic carbocycles. The fourth-order valence-electron chi connectivity index (χ4n) is 3.29. The van der Waals surface area contributed by atoms with Crippen LogP contribution >= 0.6 is 0 Å². The molecule has 150 valence electrons. The molecule has 3 rings (SSSR count). The van der Waals surface area contributed by atoms with Crippen molar-refractivity contribution in [3.05, 3.63) is 69.5 Å². The van der Waals surface area contributed by atoms with Gasteiger partial charge in [-0.3, -0.25) is 15.0 Å². The highest BCUT2D eigenvalue weighted by Gasteiger charge is 2.32. The van der Waals surface area contributed by atoms with Gasteiger partial charge in [-0.25, -0.2) is 4.39 Å². The number of alkyl halides is 3. The van der Waals surface area contributed by atoms with Crippen LogP contribution in [0.1, 0.15) is 17.2 Å². The fraction of sp³-hybridized carbons (Fsp3) is 0.333. The first kappa shape index (κ1) is 20.0. The lowest BCUT2D eigenvalue weighted by molar-refractivity contribution is -0.386. The first-order chi connectivity index (χ1) is 13.2. The SMILES string of the molecule is O=[N+]([O-])c1cc(F)ccc1[C@H](c1ccc(OC(F)(F)F)cc1)N1CCNCC1. The third kappa shape index (κ3) is 4.76. The van der Waals surface area contributed by atoms with E-state index in [0.717, 1.165) is 24.3 Å². The summed E-state index contributed by atoms with van der Waals surface area (Å²) < 4.78 is 54.6. The molecule has 1 N–H and O–H groups in total. The molecule has 0 radical (unpaired) electrons. The number of nitrogens with zero attached hydrogens (tertiary/aromatic N) is 2. The Kier molecular flexibility index (Phi) is 5.80. The summed E-state index contributed by atoms with van der Waals surface area (Å²) in [7, 11) is 0. The molecule has 1 heterocycles. The van der Waals surface area contributed by atoms with Crippen LogP contribution in [0, 0.1) is 15.9 Å². The van der Waals surface area contributed by atoms with E-state index in [9.17, 15) is 27.7 Å². The highest BCUT2D eigenvalue weighted by atomic mass is 19.4. The number of ether oxygens (including phenoxy) is 1. The lowest BCUT2D eigenvalue weighted by Crippen LogP contribution is -2.45.